The van der Waals surface area contributed by atoms with Gasteiger partial charge >= 0.3 is 0 Å². The second-order valence-corrected chi connectivity index (χ2v) is 7.08. The normalized spacial score (nSPS) is 40.6. The van der Waals surface area contributed by atoms with Gasteiger partial charge in [0, 0.05) is 13.0 Å². The van der Waals surface area contributed by atoms with E-state index in [0.29, 0.717) is 24.7 Å². The lowest BCUT2D eigenvalue weighted by Gasteiger charge is -2.41. The lowest BCUT2D eigenvalue weighted by atomic mass is 9.65. The number of hydrogen-bond acceptors (Lipinski definition) is 3. The maximum absolute atomic E-state index is 12.4. The predicted molar refractivity (Wildman–Crippen MR) is 70.2 cm³/mol. The van der Waals surface area contributed by atoms with Gasteiger partial charge in [-0.3, -0.25) is 4.79 Å². The van der Waals surface area contributed by atoms with Crippen LogP contribution in [0.4, 0.5) is 0 Å². The van der Waals surface area contributed by atoms with E-state index in [4.69, 9.17) is 0 Å². The number of ketones is 1. The summed E-state index contributed by atoms with van der Waals surface area (Å²) in [6, 6.07) is 0. The second kappa shape index (κ2) is 4.04. The van der Waals surface area contributed by atoms with Crippen molar-refractivity contribution >= 4 is 5.78 Å². The standard InChI is InChI=1S/C15H25NO2/c1-14(2)11-5-6-15(14,12(17)9-11)13(18)10-16-7-3-4-8-16/h11,13,18H,3-10H2,1-2H3/t11-,13-,15+/m1/s1. The van der Waals surface area contributed by atoms with E-state index in [9.17, 15) is 9.90 Å². The molecule has 3 atom stereocenters. The zero-order chi connectivity index (χ0) is 13.0. The van der Waals surface area contributed by atoms with E-state index in [-0.39, 0.29) is 5.41 Å². The third-order valence-corrected chi connectivity index (χ3v) is 6.19. The van der Waals surface area contributed by atoms with Crippen LogP contribution in [0.15, 0.2) is 0 Å². The number of aliphatic hydroxyl groups excluding tert-OH is 1. The Bertz CT molecular complexity index is 360. The first-order valence-corrected chi connectivity index (χ1v) is 7.42. The van der Waals surface area contributed by atoms with Gasteiger partial charge < -0.3 is 10.0 Å². The summed E-state index contributed by atoms with van der Waals surface area (Å²) in [5, 5.41) is 10.7. The van der Waals surface area contributed by atoms with Crippen LogP contribution < -0.4 is 0 Å². The van der Waals surface area contributed by atoms with E-state index < -0.39 is 11.5 Å². The van der Waals surface area contributed by atoms with Crippen molar-refractivity contribution in [1.29, 1.82) is 0 Å². The highest BCUT2D eigenvalue weighted by Crippen LogP contribution is 2.65. The van der Waals surface area contributed by atoms with Crippen molar-refractivity contribution in [3.63, 3.8) is 0 Å². The third kappa shape index (κ3) is 1.47. The van der Waals surface area contributed by atoms with Crippen LogP contribution >= 0.6 is 0 Å². The van der Waals surface area contributed by atoms with Gasteiger partial charge in [0.1, 0.15) is 5.78 Å². The SMILES string of the molecule is CC1(C)[C@@H]2CC[C@@]1([C@H](O)CN1CCCC1)C(=O)C2. The number of rotatable bonds is 3. The minimum absolute atomic E-state index is 0.0107. The molecule has 3 nitrogen and oxygen atoms in total. The molecule has 0 aromatic heterocycles. The highest BCUT2D eigenvalue weighted by Gasteiger charge is 2.67. The van der Waals surface area contributed by atoms with E-state index in [0.717, 1.165) is 25.9 Å². The van der Waals surface area contributed by atoms with Crippen molar-refractivity contribution in [3.05, 3.63) is 0 Å². The maximum Gasteiger partial charge on any atom is 0.142 e. The molecule has 18 heavy (non-hydrogen) atoms. The van der Waals surface area contributed by atoms with E-state index in [1.54, 1.807) is 0 Å². The Morgan fingerprint density at radius 1 is 1.39 bits per heavy atom. The molecule has 0 aromatic carbocycles. The molecule has 3 aliphatic rings. The largest absolute Gasteiger partial charge is 0.391 e. The molecule has 2 bridgehead atoms. The minimum Gasteiger partial charge on any atom is -0.391 e. The average molecular weight is 251 g/mol. The monoisotopic (exact) mass is 251 g/mol. The van der Waals surface area contributed by atoms with E-state index >= 15 is 0 Å². The Labute approximate surface area is 110 Å². The van der Waals surface area contributed by atoms with Gasteiger partial charge in [-0.05, 0) is 50.1 Å². The van der Waals surface area contributed by atoms with Gasteiger partial charge in [-0.1, -0.05) is 13.8 Å². The molecule has 3 fully saturated rings. The number of hydrogen-bond donors (Lipinski definition) is 1. The summed E-state index contributed by atoms with van der Waals surface area (Å²) < 4.78 is 0. The Morgan fingerprint density at radius 3 is 2.56 bits per heavy atom. The van der Waals surface area contributed by atoms with Crippen LogP contribution in [0.5, 0.6) is 0 Å². The Kier molecular flexibility index (Phi) is 2.83. The molecule has 0 spiro atoms. The number of fused-ring (bicyclic) bond motifs is 2. The topological polar surface area (TPSA) is 40.5 Å². The predicted octanol–water partition coefficient (Wildman–Crippen LogP) is 1.84. The second-order valence-electron chi connectivity index (χ2n) is 7.08. The number of Topliss-reactive ketones (excluding diaryl/α,β-unsaturated/α-hetero) is 1. The molecule has 1 aliphatic heterocycles. The van der Waals surface area contributed by atoms with Crippen molar-refractivity contribution < 1.29 is 9.90 Å². The Morgan fingerprint density at radius 2 is 2.06 bits per heavy atom. The first-order valence-electron chi connectivity index (χ1n) is 7.42. The summed E-state index contributed by atoms with van der Waals surface area (Å²) in [5.74, 6) is 0.827. The van der Waals surface area contributed by atoms with E-state index in [1.165, 1.54) is 12.8 Å². The van der Waals surface area contributed by atoms with Gasteiger partial charge in [0.2, 0.25) is 0 Å². The van der Waals surface area contributed by atoms with E-state index in [1.807, 2.05) is 0 Å². The van der Waals surface area contributed by atoms with Crippen LogP contribution in [-0.2, 0) is 4.79 Å². The number of aliphatic hydroxyl groups is 1. The summed E-state index contributed by atoms with van der Waals surface area (Å²) in [4.78, 5) is 14.7. The maximum atomic E-state index is 12.4. The van der Waals surface area contributed by atoms with Gasteiger partial charge in [0.25, 0.3) is 0 Å². The van der Waals surface area contributed by atoms with Crippen LogP contribution in [0.3, 0.4) is 0 Å². The molecular formula is C15H25NO2. The molecule has 1 saturated heterocycles. The number of carbonyl (C=O) groups is 1. The minimum atomic E-state index is -0.467. The van der Waals surface area contributed by atoms with Crippen molar-refractivity contribution in [2.75, 3.05) is 19.6 Å². The molecular weight excluding hydrogens is 226 g/mol. The fourth-order valence-electron chi connectivity index (χ4n) is 4.86. The number of carbonyl (C=O) groups excluding carboxylic acids is 1. The molecule has 2 saturated carbocycles. The molecule has 1 heterocycles. The molecule has 1 N–H and O–H groups in total. The molecule has 102 valence electrons. The summed E-state index contributed by atoms with van der Waals surface area (Å²) in [5.41, 5.74) is -0.455. The van der Waals surface area contributed by atoms with Crippen LogP contribution in [0, 0.1) is 16.7 Å². The molecule has 3 heteroatoms. The van der Waals surface area contributed by atoms with Crippen molar-refractivity contribution in [3.8, 4) is 0 Å². The highest BCUT2D eigenvalue weighted by atomic mass is 16.3. The summed E-state index contributed by atoms with van der Waals surface area (Å²) in [6.07, 6.45) is 4.73. The molecule has 3 rings (SSSR count). The van der Waals surface area contributed by atoms with Gasteiger partial charge in [-0.15, -0.1) is 0 Å². The van der Waals surface area contributed by atoms with Crippen LogP contribution in [-0.4, -0.2) is 41.5 Å². The molecule has 0 aromatic rings. The molecule has 0 radical (unpaired) electrons. The van der Waals surface area contributed by atoms with Gasteiger partial charge in [0.15, 0.2) is 0 Å². The molecule has 2 aliphatic carbocycles. The smallest absolute Gasteiger partial charge is 0.142 e. The third-order valence-electron chi connectivity index (χ3n) is 6.19. The van der Waals surface area contributed by atoms with Gasteiger partial charge in [0.05, 0.1) is 11.5 Å². The summed E-state index contributed by atoms with van der Waals surface area (Å²) >= 11 is 0. The van der Waals surface area contributed by atoms with Crippen molar-refractivity contribution in [2.45, 2.75) is 52.1 Å². The lowest BCUT2D eigenvalue weighted by molar-refractivity contribution is -0.139. The zero-order valence-electron chi connectivity index (χ0n) is 11.6. The fourth-order valence-corrected chi connectivity index (χ4v) is 4.86. The lowest BCUT2D eigenvalue weighted by Crippen LogP contribution is -2.50. The van der Waals surface area contributed by atoms with Crippen molar-refractivity contribution in [2.24, 2.45) is 16.7 Å². The Hall–Kier alpha value is -0.410. The zero-order valence-corrected chi connectivity index (χ0v) is 11.6. The molecule has 0 amide bonds. The number of nitrogens with zero attached hydrogens (tertiary/aromatic N) is 1. The first-order chi connectivity index (χ1) is 8.48. The fraction of sp³-hybridized carbons (Fsp3) is 0.933. The first kappa shape index (κ1) is 12.6. The average Bonchev–Trinajstić information content (AvgIpc) is 2.93. The Balaban J connectivity index is 1.82. The summed E-state index contributed by atoms with van der Waals surface area (Å²) in [6.45, 7) is 7.27. The van der Waals surface area contributed by atoms with E-state index in [2.05, 4.69) is 18.7 Å². The van der Waals surface area contributed by atoms with Crippen molar-refractivity contribution in [1.82, 2.24) is 4.90 Å². The number of β-amino-alcohol motifs (C(OH)–C–C–N with tert-alkyl or cyclic N) is 1. The van der Waals surface area contributed by atoms with Crippen LogP contribution in [0.1, 0.15) is 46.0 Å². The van der Waals surface area contributed by atoms with Crippen LogP contribution in [0.25, 0.3) is 0 Å². The number of likely N-dealkylation sites (tertiary alicyclic amines) is 1. The van der Waals surface area contributed by atoms with Gasteiger partial charge in [-0.2, -0.15) is 0 Å². The highest BCUT2D eigenvalue weighted by molar-refractivity contribution is 5.90. The quantitative estimate of drug-likeness (QED) is 0.832. The van der Waals surface area contributed by atoms with Crippen LogP contribution in [0.2, 0.25) is 0 Å². The molecule has 0 unspecified atom stereocenters. The van der Waals surface area contributed by atoms with Gasteiger partial charge in [-0.25, -0.2) is 0 Å². The summed E-state index contributed by atoms with van der Waals surface area (Å²) in [7, 11) is 0.